The summed E-state index contributed by atoms with van der Waals surface area (Å²) >= 11 is 0. The van der Waals surface area contributed by atoms with Gasteiger partial charge in [-0.05, 0) is 31.2 Å². The molecule has 2 aromatic heterocycles. The van der Waals surface area contributed by atoms with E-state index in [1.165, 1.54) is 0 Å². The molecular formula is C17H21N3O3S. The number of hydrogen-bond acceptors (Lipinski definition) is 5. The lowest BCUT2D eigenvalue weighted by atomic mass is 9.93. The van der Waals surface area contributed by atoms with E-state index >= 15 is 0 Å². The van der Waals surface area contributed by atoms with Crippen molar-refractivity contribution in [3.63, 3.8) is 0 Å². The SMILES string of the molecule is CCS(=O)(=O)N1C[C@@H](COc2ccncc2)[C@H](c2ccccn2)C1. The third-order valence-corrected chi connectivity index (χ3v) is 6.16. The van der Waals surface area contributed by atoms with Crippen LogP contribution >= 0.6 is 0 Å². The Hall–Kier alpha value is -1.99. The maximum Gasteiger partial charge on any atom is 0.213 e. The number of pyridine rings is 2. The first-order valence-corrected chi connectivity index (χ1v) is 9.62. The quantitative estimate of drug-likeness (QED) is 0.798. The van der Waals surface area contributed by atoms with Crippen LogP contribution in [0.25, 0.3) is 0 Å². The molecule has 3 heterocycles. The Morgan fingerprint density at radius 1 is 1.17 bits per heavy atom. The van der Waals surface area contributed by atoms with Crippen LogP contribution in [0.4, 0.5) is 0 Å². The molecule has 0 saturated carbocycles. The van der Waals surface area contributed by atoms with Crippen molar-refractivity contribution in [2.24, 2.45) is 5.92 Å². The van der Waals surface area contributed by atoms with Crippen LogP contribution in [-0.4, -0.2) is 48.1 Å². The van der Waals surface area contributed by atoms with Crippen molar-refractivity contribution in [3.05, 3.63) is 54.6 Å². The molecule has 1 aliphatic rings. The van der Waals surface area contributed by atoms with Gasteiger partial charge in [0.25, 0.3) is 0 Å². The summed E-state index contributed by atoms with van der Waals surface area (Å²) < 4.78 is 31.9. The minimum atomic E-state index is -3.21. The Bertz CT molecular complexity index is 753. The maximum absolute atomic E-state index is 12.3. The molecular weight excluding hydrogens is 326 g/mol. The lowest BCUT2D eigenvalue weighted by Crippen LogP contribution is -2.30. The molecule has 6 nitrogen and oxygen atoms in total. The predicted octanol–water partition coefficient (Wildman–Crippen LogP) is 1.92. The first kappa shape index (κ1) is 16.9. The van der Waals surface area contributed by atoms with Gasteiger partial charge in [-0.15, -0.1) is 0 Å². The van der Waals surface area contributed by atoms with Gasteiger partial charge < -0.3 is 4.74 Å². The summed E-state index contributed by atoms with van der Waals surface area (Å²) in [5.41, 5.74) is 0.912. The highest BCUT2D eigenvalue weighted by molar-refractivity contribution is 7.89. The van der Waals surface area contributed by atoms with Crippen LogP contribution in [0, 0.1) is 5.92 Å². The number of aromatic nitrogens is 2. The molecule has 24 heavy (non-hydrogen) atoms. The van der Waals surface area contributed by atoms with E-state index in [0.29, 0.717) is 19.7 Å². The molecule has 2 aromatic rings. The lowest BCUT2D eigenvalue weighted by molar-refractivity contribution is 0.243. The van der Waals surface area contributed by atoms with Crippen LogP contribution in [0.15, 0.2) is 48.9 Å². The van der Waals surface area contributed by atoms with E-state index in [2.05, 4.69) is 9.97 Å². The molecule has 0 bridgehead atoms. The van der Waals surface area contributed by atoms with Crippen LogP contribution in [-0.2, 0) is 10.0 Å². The van der Waals surface area contributed by atoms with Gasteiger partial charge in [0, 0.05) is 49.2 Å². The van der Waals surface area contributed by atoms with E-state index in [-0.39, 0.29) is 17.6 Å². The van der Waals surface area contributed by atoms with Crippen LogP contribution in [0.2, 0.25) is 0 Å². The Labute approximate surface area is 142 Å². The molecule has 0 spiro atoms. The first-order chi connectivity index (χ1) is 11.6. The van der Waals surface area contributed by atoms with Crippen molar-refractivity contribution in [1.29, 1.82) is 0 Å². The molecule has 2 atom stereocenters. The van der Waals surface area contributed by atoms with Crippen LogP contribution in [0.5, 0.6) is 5.75 Å². The second kappa shape index (κ2) is 7.27. The van der Waals surface area contributed by atoms with Crippen molar-refractivity contribution < 1.29 is 13.2 Å². The summed E-state index contributed by atoms with van der Waals surface area (Å²) in [6.45, 7) is 3.03. The van der Waals surface area contributed by atoms with E-state index in [1.807, 2.05) is 18.2 Å². The largest absolute Gasteiger partial charge is 0.493 e. The van der Waals surface area contributed by atoms with Crippen molar-refractivity contribution in [2.45, 2.75) is 12.8 Å². The summed E-state index contributed by atoms with van der Waals surface area (Å²) in [6.07, 6.45) is 5.09. The molecule has 0 amide bonds. The molecule has 128 valence electrons. The second-order valence-corrected chi connectivity index (χ2v) is 8.09. The van der Waals surface area contributed by atoms with E-state index in [1.54, 1.807) is 42.0 Å². The average Bonchev–Trinajstić information content (AvgIpc) is 3.07. The van der Waals surface area contributed by atoms with Gasteiger partial charge in [0.1, 0.15) is 5.75 Å². The van der Waals surface area contributed by atoms with Gasteiger partial charge in [-0.3, -0.25) is 9.97 Å². The fourth-order valence-electron chi connectivity index (χ4n) is 2.98. The van der Waals surface area contributed by atoms with Crippen molar-refractivity contribution in [2.75, 3.05) is 25.4 Å². The molecule has 0 aliphatic carbocycles. The predicted molar refractivity (Wildman–Crippen MR) is 91.2 cm³/mol. The van der Waals surface area contributed by atoms with Crippen LogP contribution in [0.3, 0.4) is 0 Å². The van der Waals surface area contributed by atoms with Gasteiger partial charge in [-0.25, -0.2) is 12.7 Å². The summed E-state index contributed by atoms with van der Waals surface area (Å²) in [7, 11) is -3.21. The van der Waals surface area contributed by atoms with Gasteiger partial charge in [-0.1, -0.05) is 6.07 Å². The number of nitrogens with zero attached hydrogens (tertiary/aromatic N) is 3. The second-order valence-electron chi connectivity index (χ2n) is 5.83. The summed E-state index contributed by atoms with van der Waals surface area (Å²) in [5, 5.41) is 0. The van der Waals surface area contributed by atoms with Crippen molar-refractivity contribution in [1.82, 2.24) is 14.3 Å². The third kappa shape index (κ3) is 3.73. The number of sulfonamides is 1. The third-order valence-electron chi connectivity index (χ3n) is 4.35. The van der Waals surface area contributed by atoms with Gasteiger partial charge in [0.2, 0.25) is 10.0 Å². The van der Waals surface area contributed by atoms with E-state index in [9.17, 15) is 8.42 Å². The zero-order chi connectivity index (χ0) is 17.0. The smallest absolute Gasteiger partial charge is 0.213 e. The minimum Gasteiger partial charge on any atom is -0.493 e. The fourth-order valence-corrected chi connectivity index (χ4v) is 4.15. The minimum absolute atomic E-state index is 0.0364. The molecule has 0 N–H and O–H groups in total. The van der Waals surface area contributed by atoms with Gasteiger partial charge in [-0.2, -0.15) is 0 Å². The molecule has 3 rings (SSSR count). The van der Waals surface area contributed by atoms with Gasteiger partial charge in [0.05, 0.1) is 12.4 Å². The molecule has 0 radical (unpaired) electrons. The zero-order valence-corrected chi connectivity index (χ0v) is 14.4. The van der Waals surface area contributed by atoms with Gasteiger partial charge >= 0.3 is 0 Å². The van der Waals surface area contributed by atoms with Crippen LogP contribution in [0.1, 0.15) is 18.5 Å². The topological polar surface area (TPSA) is 72.4 Å². The average molecular weight is 347 g/mol. The molecule has 0 aromatic carbocycles. The summed E-state index contributed by atoms with van der Waals surface area (Å²) in [6, 6.07) is 9.34. The molecule has 1 fully saturated rings. The van der Waals surface area contributed by atoms with E-state index in [0.717, 1.165) is 11.4 Å². The fraction of sp³-hybridized carbons (Fsp3) is 0.412. The number of rotatable bonds is 6. The Morgan fingerprint density at radius 3 is 2.62 bits per heavy atom. The van der Waals surface area contributed by atoms with Gasteiger partial charge in [0.15, 0.2) is 0 Å². The molecule has 1 saturated heterocycles. The molecule has 7 heteroatoms. The highest BCUT2D eigenvalue weighted by Crippen LogP contribution is 2.33. The molecule has 0 unspecified atom stereocenters. The number of hydrogen-bond donors (Lipinski definition) is 0. The highest BCUT2D eigenvalue weighted by atomic mass is 32.2. The lowest BCUT2D eigenvalue weighted by Gasteiger charge is -2.18. The first-order valence-electron chi connectivity index (χ1n) is 8.01. The molecule has 1 aliphatic heterocycles. The van der Waals surface area contributed by atoms with Crippen molar-refractivity contribution >= 4 is 10.0 Å². The maximum atomic E-state index is 12.3. The monoisotopic (exact) mass is 347 g/mol. The Kier molecular flexibility index (Phi) is 5.11. The Morgan fingerprint density at radius 2 is 1.96 bits per heavy atom. The van der Waals surface area contributed by atoms with Crippen LogP contribution < -0.4 is 4.74 Å². The Balaban J connectivity index is 1.78. The summed E-state index contributed by atoms with van der Waals surface area (Å²) in [4.78, 5) is 8.39. The standard InChI is InChI=1S/C17H21N3O3S/c1-2-24(21,22)20-11-14(13-23-15-6-9-18-10-7-15)16(12-20)17-5-3-4-8-19-17/h3-10,14,16H,2,11-13H2,1H3/t14-,16+/m0/s1. The van der Waals surface area contributed by atoms with Crippen molar-refractivity contribution in [3.8, 4) is 5.75 Å². The summed E-state index contributed by atoms with van der Waals surface area (Å²) in [5.74, 6) is 0.949. The van der Waals surface area contributed by atoms with E-state index in [4.69, 9.17) is 4.74 Å². The van der Waals surface area contributed by atoms with E-state index < -0.39 is 10.0 Å². The zero-order valence-electron chi connectivity index (χ0n) is 13.6. The highest BCUT2D eigenvalue weighted by Gasteiger charge is 2.39. The normalized spacial score (nSPS) is 21.7. The number of ether oxygens (including phenoxy) is 1.